The highest BCUT2D eigenvalue weighted by Gasteiger charge is 2.40. The van der Waals surface area contributed by atoms with E-state index < -0.39 is 0 Å². The van der Waals surface area contributed by atoms with Crippen LogP contribution in [0.15, 0.2) is 49.1 Å². The number of piperidine rings is 1. The van der Waals surface area contributed by atoms with Crippen LogP contribution in [0, 0.1) is 10.8 Å². The van der Waals surface area contributed by atoms with Crippen molar-refractivity contribution in [1.29, 1.82) is 0 Å². The fourth-order valence-corrected chi connectivity index (χ4v) is 7.14. The summed E-state index contributed by atoms with van der Waals surface area (Å²) in [5.74, 6) is 1.86. The lowest BCUT2D eigenvalue weighted by Gasteiger charge is -2.41. The predicted octanol–water partition coefficient (Wildman–Crippen LogP) is 5.40. The van der Waals surface area contributed by atoms with E-state index in [9.17, 15) is 4.79 Å². The summed E-state index contributed by atoms with van der Waals surface area (Å²) in [6.45, 7) is 18.4. The Labute approximate surface area is 270 Å². The maximum absolute atomic E-state index is 11.7. The average Bonchev–Trinajstić information content (AvgIpc) is 3.78. The Balaban J connectivity index is 1.08. The Morgan fingerprint density at radius 3 is 2.44 bits per heavy atom. The highest BCUT2D eigenvalue weighted by atomic mass is 16.5. The first-order chi connectivity index (χ1) is 21.7. The van der Waals surface area contributed by atoms with Crippen molar-refractivity contribution in [3.05, 3.63) is 71.8 Å². The van der Waals surface area contributed by atoms with Gasteiger partial charge in [0.2, 0.25) is 0 Å². The summed E-state index contributed by atoms with van der Waals surface area (Å²) in [6, 6.07) is 8.48. The Hall–Kier alpha value is -3.01. The van der Waals surface area contributed by atoms with E-state index in [2.05, 4.69) is 80.9 Å². The first-order valence-corrected chi connectivity index (χ1v) is 17.1. The number of hydrogen-bond acceptors (Lipinski definition) is 7. The molecule has 9 heteroatoms. The van der Waals surface area contributed by atoms with Crippen LogP contribution in [-0.4, -0.2) is 81.2 Å². The van der Waals surface area contributed by atoms with E-state index in [-0.39, 0.29) is 12.0 Å². The Kier molecular flexibility index (Phi) is 11.5. The van der Waals surface area contributed by atoms with Crippen LogP contribution in [0.2, 0.25) is 0 Å². The van der Waals surface area contributed by atoms with Gasteiger partial charge in [0.1, 0.15) is 11.6 Å². The van der Waals surface area contributed by atoms with Gasteiger partial charge in [-0.1, -0.05) is 45.0 Å². The number of hydrogen-bond donors (Lipinski definition) is 2. The summed E-state index contributed by atoms with van der Waals surface area (Å²) >= 11 is 0. The molecule has 2 aliphatic heterocycles. The molecule has 1 atom stereocenters. The molecule has 2 aromatic heterocycles. The zero-order valence-corrected chi connectivity index (χ0v) is 28.1. The smallest absolute Gasteiger partial charge is 0.306 e. The lowest BCUT2D eigenvalue weighted by Crippen LogP contribution is -2.44. The SMILES string of the molecule is CCOC(=O)CCc1ccc(CNC(Cc2nccn2CCCN2CCC3(CCN(CC(C)(C)C)CC3)C2)c2ncc[nH]2)cc1. The monoisotopic (exact) mass is 617 g/mol. The van der Waals surface area contributed by atoms with Gasteiger partial charge in [-0.2, -0.15) is 0 Å². The van der Waals surface area contributed by atoms with Crippen molar-refractivity contribution in [1.82, 2.24) is 34.6 Å². The van der Waals surface area contributed by atoms with Crippen LogP contribution in [0.5, 0.6) is 0 Å². The van der Waals surface area contributed by atoms with Crippen molar-refractivity contribution in [2.75, 3.05) is 45.9 Å². The molecule has 0 bridgehead atoms. The largest absolute Gasteiger partial charge is 0.466 e. The number of imidazole rings is 2. The van der Waals surface area contributed by atoms with Crippen LogP contribution in [-0.2, 0) is 35.5 Å². The summed E-state index contributed by atoms with van der Waals surface area (Å²) in [5, 5.41) is 3.71. The first-order valence-electron chi connectivity index (χ1n) is 17.1. The van der Waals surface area contributed by atoms with Crippen molar-refractivity contribution in [2.45, 2.75) is 91.8 Å². The molecule has 1 unspecified atom stereocenters. The highest BCUT2D eigenvalue weighted by molar-refractivity contribution is 5.69. The number of likely N-dealkylation sites (tertiary alicyclic amines) is 2. The zero-order chi connectivity index (χ0) is 31.7. The molecular formula is C36H55N7O2. The van der Waals surface area contributed by atoms with Gasteiger partial charge in [0.15, 0.2) is 0 Å². The van der Waals surface area contributed by atoms with Crippen LogP contribution < -0.4 is 5.32 Å². The van der Waals surface area contributed by atoms with E-state index >= 15 is 0 Å². The summed E-state index contributed by atoms with van der Waals surface area (Å²) in [6.07, 6.45) is 14.8. The second kappa shape index (κ2) is 15.5. The van der Waals surface area contributed by atoms with E-state index in [0.29, 0.717) is 30.3 Å². The standard InChI is InChI=1S/C36H55N7O2/c1-5-45-33(44)12-11-29-7-9-30(10-8-29)26-40-31(34-38-16-17-39-34)25-32-37-18-24-43(32)20-6-19-41-21-13-36(28-41)14-22-42(23-15-36)27-35(2,3)4/h7-10,16-18,24,31,40H,5-6,11-15,19-23,25-28H2,1-4H3,(H,38,39). The molecular weight excluding hydrogens is 562 g/mol. The summed E-state index contributed by atoms with van der Waals surface area (Å²) in [7, 11) is 0. The Bertz CT molecular complexity index is 1300. The topological polar surface area (TPSA) is 91.3 Å². The van der Waals surface area contributed by atoms with Crippen LogP contribution in [0.25, 0.3) is 0 Å². The minimum atomic E-state index is -0.143. The Morgan fingerprint density at radius 1 is 1.02 bits per heavy atom. The molecule has 45 heavy (non-hydrogen) atoms. The number of aromatic amines is 1. The number of H-pyrrole nitrogens is 1. The highest BCUT2D eigenvalue weighted by Crippen LogP contribution is 2.40. The molecule has 9 nitrogen and oxygen atoms in total. The molecule has 4 heterocycles. The third-order valence-electron chi connectivity index (χ3n) is 9.54. The van der Waals surface area contributed by atoms with Crippen LogP contribution >= 0.6 is 0 Å². The number of ether oxygens (including phenoxy) is 1. The second-order valence-electron chi connectivity index (χ2n) is 14.5. The predicted molar refractivity (Wildman–Crippen MR) is 179 cm³/mol. The lowest BCUT2D eigenvalue weighted by atomic mass is 9.77. The number of rotatable bonds is 15. The van der Waals surface area contributed by atoms with Crippen molar-refractivity contribution >= 4 is 5.97 Å². The number of benzene rings is 1. The van der Waals surface area contributed by atoms with Gasteiger partial charge >= 0.3 is 5.97 Å². The molecule has 0 aliphatic carbocycles. The molecule has 2 N–H and O–H groups in total. The van der Waals surface area contributed by atoms with Gasteiger partial charge in [-0.25, -0.2) is 9.97 Å². The van der Waals surface area contributed by atoms with Crippen LogP contribution in [0.4, 0.5) is 0 Å². The molecule has 1 aromatic carbocycles. The van der Waals surface area contributed by atoms with Gasteiger partial charge in [0, 0.05) is 63.8 Å². The second-order valence-corrected chi connectivity index (χ2v) is 14.5. The number of nitrogens with zero attached hydrogens (tertiary/aromatic N) is 5. The van der Waals surface area contributed by atoms with Gasteiger partial charge in [0.25, 0.3) is 0 Å². The number of aryl methyl sites for hydroxylation is 2. The summed E-state index contributed by atoms with van der Waals surface area (Å²) in [5.41, 5.74) is 3.26. The minimum Gasteiger partial charge on any atom is -0.466 e. The Morgan fingerprint density at radius 2 is 1.76 bits per heavy atom. The third kappa shape index (κ3) is 9.99. The first kappa shape index (κ1) is 33.4. The van der Waals surface area contributed by atoms with Crippen molar-refractivity contribution in [2.24, 2.45) is 10.8 Å². The minimum absolute atomic E-state index is 0.0206. The zero-order valence-electron chi connectivity index (χ0n) is 28.1. The molecule has 0 amide bonds. The van der Waals surface area contributed by atoms with E-state index in [0.717, 1.165) is 49.7 Å². The van der Waals surface area contributed by atoms with E-state index in [1.165, 1.54) is 57.5 Å². The van der Waals surface area contributed by atoms with Crippen molar-refractivity contribution in [3.8, 4) is 0 Å². The van der Waals surface area contributed by atoms with E-state index in [1.807, 2.05) is 25.5 Å². The molecule has 3 aromatic rings. The van der Waals surface area contributed by atoms with Gasteiger partial charge in [-0.15, -0.1) is 0 Å². The molecule has 0 radical (unpaired) electrons. The lowest BCUT2D eigenvalue weighted by molar-refractivity contribution is -0.143. The number of esters is 1. The summed E-state index contributed by atoms with van der Waals surface area (Å²) < 4.78 is 7.38. The fraction of sp³-hybridized carbons (Fsp3) is 0.639. The molecule has 246 valence electrons. The van der Waals surface area contributed by atoms with Crippen LogP contribution in [0.3, 0.4) is 0 Å². The average molecular weight is 618 g/mol. The molecule has 2 fully saturated rings. The quantitative estimate of drug-likeness (QED) is 0.221. The molecule has 0 saturated carbocycles. The number of carbonyl (C=O) groups excluding carboxylic acids is 1. The van der Waals surface area contributed by atoms with Gasteiger partial charge in [0.05, 0.1) is 12.6 Å². The molecule has 2 saturated heterocycles. The molecule has 1 spiro atoms. The maximum atomic E-state index is 11.7. The fourth-order valence-electron chi connectivity index (χ4n) is 7.14. The van der Waals surface area contributed by atoms with Gasteiger partial charge in [-0.3, -0.25) is 4.79 Å². The molecule has 5 rings (SSSR count). The number of nitrogens with one attached hydrogen (secondary N) is 2. The van der Waals surface area contributed by atoms with Gasteiger partial charge in [-0.05, 0) is 87.2 Å². The van der Waals surface area contributed by atoms with E-state index in [4.69, 9.17) is 9.72 Å². The van der Waals surface area contributed by atoms with Gasteiger partial charge < -0.3 is 29.4 Å². The third-order valence-corrected chi connectivity index (χ3v) is 9.54. The molecule has 2 aliphatic rings. The number of aromatic nitrogens is 4. The van der Waals surface area contributed by atoms with Crippen molar-refractivity contribution < 1.29 is 9.53 Å². The number of carbonyl (C=O) groups is 1. The maximum Gasteiger partial charge on any atom is 0.306 e. The normalized spacial score (nSPS) is 18.0. The van der Waals surface area contributed by atoms with Crippen LogP contribution in [0.1, 0.15) is 88.6 Å². The van der Waals surface area contributed by atoms with Crippen molar-refractivity contribution in [3.63, 3.8) is 0 Å². The summed E-state index contributed by atoms with van der Waals surface area (Å²) in [4.78, 5) is 29.7. The van der Waals surface area contributed by atoms with E-state index in [1.54, 1.807) is 0 Å².